The summed E-state index contributed by atoms with van der Waals surface area (Å²) in [6, 6.07) is 6.50. The van der Waals surface area contributed by atoms with E-state index in [0.717, 1.165) is 29.0 Å². The zero-order chi connectivity index (χ0) is 12.4. The van der Waals surface area contributed by atoms with E-state index >= 15 is 0 Å². The number of halogens is 2. The van der Waals surface area contributed by atoms with Crippen LogP contribution >= 0.6 is 27.5 Å². The maximum Gasteiger partial charge on any atom is 0.0510 e. The third kappa shape index (κ3) is 2.84. The van der Waals surface area contributed by atoms with Crippen molar-refractivity contribution in [1.29, 1.82) is 0 Å². The summed E-state index contributed by atoms with van der Waals surface area (Å²) < 4.78 is 1.06. The number of piperidine rings is 1. The first-order valence-corrected chi connectivity index (χ1v) is 7.25. The molecule has 4 heteroatoms. The van der Waals surface area contributed by atoms with Gasteiger partial charge in [0, 0.05) is 15.5 Å². The Balaban J connectivity index is 2.34. The molecular formula is C13H18BrClN2. The van der Waals surface area contributed by atoms with E-state index in [0.29, 0.717) is 6.04 Å². The second kappa shape index (κ2) is 5.70. The number of benzene rings is 1. The average Bonchev–Trinajstić information content (AvgIpc) is 2.30. The van der Waals surface area contributed by atoms with Crippen molar-refractivity contribution in [2.24, 2.45) is 5.73 Å². The van der Waals surface area contributed by atoms with Gasteiger partial charge in [-0.25, -0.2) is 0 Å². The van der Waals surface area contributed by atoms with E-state index in [9.17, 15) is 0 Å². The molecule has 2 atom stereocenters. The zero-order valence-electron chi connectivity index (χ0n) is 10.00. The monoisotopic (exact) mass is 316 g/mol. The Morgan fingerprint density at radius 1 is 1.53 bits per heavy atom. The van der Waals surface area contributed by atoms with Gasteiger partial charge in [-0.3, -0.25) is 4.90 Å². The molecule has 1 aromatic carbocycles. The number of nitrogens with two attached hydrogens (primary N) is 1. The highest BCUT2D eigenvalue weighted by Crippen LogP contribution is 2.35. The molecule has 0 spiro atoms. The second-order valence-corrected chi connectivity index (χ2v) is 5.84. The molecule has 0 amide bonds. The fourth-order valence-corrected chi connectivity index (χ4v) is 3.54. The molecule has 2 unspecified atom stereocenters. The molecule has 17 heavy (non-hydrogen) atoms. The minimum Gasteiger partial charge on any atom is -0.326 e. The number of rotatable bonds is 2. The van der Waals surface area contributed by atoms with Crippen LogP contribution in [0, 0.1) is 0 Å². The van der Waals surface area contributed by atoms with Gasteiger partial charge < -0.3 is 5.73 Å². The predicted molar refractivity (Wildman–Crippen MR) is 76.3 cm³/mol. The van der Waals surface area contributed by atoms with E-state index in [-0.39, 0.29) is 6.04 Å². The SMILES string of the molecule is CCN1CCCC(N)C1c1ccc(Cl)cc1Br. The first-order chi connectivity index (χ1) is 8.13. The van der Waals surface area contributed by atoms with Crippen LogP contribution in [0.15, 0.2) is 22.7 Å². The highest BCUT2D eigenvalue weighted by atomic mass is 79.9. The number of likely N-dealkylation sites (tertiary alicyclic amines) is 1. The standard InChI is InChI=1S/C13H18BrClN2/c1-2-17-7-3-4-12(16)13(17)10-6-5-9(15)8-11(10)14/h5-6,8,12-13H,2-4,7,16H2,1H3. The van der Waals surface area contributed by atoms with Gasteiger partial charge in [0.25, 0.3) is 0 Å². The van der Waals surface area contributed by atoms with Gasteiger partial charge in [-0.05, 0) is 43.6 Å². The molecule has 0 aliphatic carbocycles. The Morgan fingerprint density at radius 2 is 2.29 bits per heavy atom. The van der Waals surface area contributed by atoms with E-state index in [1.54, 1.807) is 0 Å². The lowest BCUT2D eigenvalue weighted by atomic mass is 9.91. The van der Waals surface area contributed by atoms with Crippen molar-refractivity contribution < 1.29 is 0 Å². The summed E-state index contributed by atoms with van der Waals surface area (Å²) in [5, 5.41) is 0.757. The van der Waals surface area contributed by atoms with Crippen molar-refractivity contribution >= 4 is 27.5 Å². The fraction of sp³-hybridized carbons (Fsp3) is 0.538. The number of hydrogen-bond acceptors (Lipinski definition) is 2. The summed E-state index contributed by atoms with van der Waals surface area (Å²) in [7, 11) is 0. The minimum absolute atomic E-state index is 0.209. The second-order valence-electron chi connectivity index (χ2n) is 4.55. The molecule has 1 heterocycles. The van der Waals surface area contributed by atoms with Crippen molar-refractivity contribution in [2.45, 2.75) is 31.8 Å². The molecule has 0 radical (unpaired) electrons. The van der Waals surface area contributed by atoms with Gasteiger partial charge in [-0.15, -0.1) is 0 Å². The van der Waals surface area contributed by atoms with Gasteiger partial charge in [0.05, 0.1) is 6.04 Å². The van der Waals surface area contributed by atoms with E-state index < -0.39 is 0 Å². The van der Waals surface area contributed by atoms with Crippen LogP contribution in [0.2, 0.25) is 5.02 Å². The normalized spacial score (nSPS) is 26.1. The Morgan fingerprint density at radius 3 is 2.94 bits per heavy atom. The molecule has 0 saturated carbocycles. The summed E-state index contributed by atoms with van der Waals surface area (Å²) in [5.74, 6) is 0. The van der Waals surface area contributed by atoms with E-state index in [1.807, 2.05) is 12.1 Å². The summed E-state index contributed by atoms with van der Waals surface area (Å²) in [5.41, 5.74) is 7.54. The van der Waals surface area contributed by atoms with Crippen LogP contribution in [0.5, 0.6) is 0 Å². The van der Waals surface area contributed by atoms with E-state index in [1.165, 1.54) is 12.0 Å². The molecule has 2 nitrogen and oxygen atoms in total. The van der Waals surface area contributed by atoms with Gasteiger partial charge in [-0.2, -0.15) is 0 Å². The Hall–Kier alpha value is -0.0900. The van der Waals surface area contributed by atoms with Crippen molar-refractivity contribution in [3.05, 3.63) is 33.3 Å². The lowest BCUT2D eigenvalue weighted by Gasteiger charge is -2.40. The van der Waals surface area contributed by atoms with Gasteiger partial charge in [0.1, 0.15) is 0 Å². The summed E-state index contributed by atoms with van der Waals surface area (Å²) >= 11 is 9.59. The van der Waals surface area contributed by atoms with Crippen LogP contribution in [0.1, 0.15) is 31.4 Å². The Bertz CT molecular complexity index is 397. The highest BCUT2D eigenvalue weighted by Gasteiger charge is 2.30. The van der Waals surface area contributed by atoms with Crippen LogP contribution in [-0.4, -0.2) is 24.0 Å². The van der Waals surface area contributed by atoms with Gasteiger partial charge in [-0.1, -0.05) is 40.5 Å². The lowest BCUT2D eigenvalue weighted by Crippen LogP contribution is -2.45. The van der Waals surface area contributed by atoms with Crippen molar-refractivity contribution in [1.82, 2.24) is 4.90 Å². The average molecular weight is 318 g/mol. The number of likely N-dealkylation sites (N-methyl/N-ethyl adjacent to an activating group) is 1. The van der Waals surface area contributed by atoms with E-state index in [4.69, 9.17) is 17.3 Å². The summed E-state index contributed by atoms with van der Waals surface area (Å²) in [6.07, 6.45) is 2.28. The highest BCUT2D eigenvalue weighted by molar-refractivity contribution is 9.10. The minimum atomic E-state index is 0.209. The molecule has 1 aliphatic rings. The molecule has 0 aromatic heterocycles. The molecule has 94 valence electrons. The van der Waals surface area contributed by atoms with E-state index in [2.05, 4.69) is 33.8 Å². The predicted octanol–water partition coefficient (Wildman–Crippen LogP) is 3.59. The largest absolute Gasteiger partial charge is 0.326 e. The maximum absolute atomic E-state index is 6.29. The Labute approximate surface area is 116 Å². The smallest absolute Gasteiger partial charge is 0.0510 e. The van der Waals surface area contributed by atoms with Gasteiger partial charge in [0.15, 0.2) is 0 Å². The van der Waals surface area contributed by atoms with Gasteiger partial charge in [0.2, 0.25) is 0 Å². The molecule has 1 aromatic rings. The Kier molecular flexibility index (Phi) is 4.47. The van der Waals surface area contributed by atoms with Crippen LogP contribution in [0.4, 0.5) is 0 Å². The van der Waals surface area contributed by atoms with Crippen LogP contribution < -0.4 is 5.73 Å². The molecule has 1 aliphatic heterocycles. The molecule has 0 bridgehead atoms. The van der Waals surface area contributed by atoms with Crippen LogP contribution in [0.25, 0.3) is 0 Å². The summed E-state index contributed by atoms with van der Waals surface area (Å²) in [4.78, 5) is 2.45. The van der Waals surface area contributed by atoms with Gasteiger partial charge >= 0.3 is 0 Å². The quantitative estimate of drug-likeness (QED) is 0.903. The maximum atomic E-state index is 6.29. The van der Waals surface area contributed by atoms with Crippen molar-refractivity contribution in [3.63, 3.8) is 0 Å². The number of hydrogen-bond donors (Lipinski definition) is 1. The first kappa shape index (κ1) is 13.3. The van der Waals surface area contributed by atoms with Crippen molar-refractivity contribution in [3.8, 4) is 0 Å². The molecule has 2 rings (SSSR count). The fourth-order valence-electron chi connectivity index (χ4n) is 2.62. The van der Waals surface area contributed by atoms with Crippen LogP contribution in [-0.2, 0) is 0 Å². The van der Waals surface area contributed by atoms with Crippen molar-refractivity contribution in [2.75, 3.05) is 13.1 Å². The zero-order valence-corrected chi connectivity index (χ0v) is 12.3. The molecule has 1 fully saturated rings. The third-order valence-corrected chi connectivity index (χ3v) is 4.39. The molecule has 1 saturated heterocycles. The molecular weight excluding hydrogens is 300 g/mol. The topological polar surface area (TPSA) is 29.3 Å². The first-order valence-electron chi connectivity index (χ1n) is 6.08. The lowest BCUT2D eigenvalue weighted by molar-refractivity contribution is 0.135. The number of nitrogens with zero attached hydrogens (tertiary/aromatic N) is 1. The van der Waals surface area contributed by atoms with Crippen LogP contribution in [0.3, 0.4) is 0 Å². The summed E-state index contributed by atoms with van der Waals surface area (Å²) in [6.45, 7) is 4.35. The molecule has 2 N–H and O–H groups in total. The third-order valence-electron chi connectivity index (χ3n) is 3.47.